The summed E-state index contributed by atoms with van der Waals surface area (Å²) in [5.41, 5.74) is 5.90. The van der Waals surface area contributed by atoms with E-state index in [1.807, 2.05) is 11.8 Å². The van der Waals surface area contributed by atoms with Crippen molar-refractivity contribution < 1.29 is 4.79 Å². The summed E-state index contributed by atoms with van der Waals surface area (Å²) >= 11 is 0. The Balaban J connectivity index is 2.57. The zero-order valence-corrected chi connectivity index (χ0v) is 8.91. The minimum Gasteiger partial charge on any atom is -0.339 e. The van der Waals surface area contributed by atoms with Crippen molar-refractivity contribution in [2.75, 3.05) is 13.1 Å². The van der Waals surface area contributed by atoms with Gasteiger partial charge in [-0.3, -0.25) is 4.79 Å². The van der Waals surface area contributed by atoms with Crippen molar-refractivity contribution in [2.24, 2.45) is 11.7 Å². The standard InChI is InChI=1S/C11H20N2O/c1-3-8-13(4-2)11(14)9-6-5-7-10(9)12/h3,9-10H,1,4-8,12H2,2H3. The molecule has 2 unspecified atom stereocenters. The molecule has 0 aliphatic heterocycles. The highest BCUT2D eigenvalue weighted by atomic mass is 16.2. The molecule has 1 aliphatic carbocycles. The second kappa shape index (κ2) is 5.15. The summed E-state index contributed by atoms with van der Waals surface area (Å²) in [6, 6.07) is 0.0707. The number of hydrogen-bond acceptors (Lipinski definition) is 2. The SMILES string of the molecule is C=CCN(CC)C(=O)C1CCCC1N. The maximum atomic E-state index is 12.0. The van der Waals surface area contributed by atoms with Crippen LogP contribution < -0.4 is 5.73 Å². The van der Waals surface area contributed by atoms with Gasteiger partial charge in [-0.05, 0) is 19.8 Å². The van der Waals surface area contributed by atoms with E-state index >= 15 is 0 Å². The van der Waals surface area contributed by atoms with Crippen LogP contribution in [0.5, 0.6) is 0 Å². The first-order valence-electron chi connectivity index (χ1n) is 5.36. The lowest BCUT2D eigenvalue weighted by Crippen LogP contribution is -2.41. The van der Waals surface area contributed by atoms with Crippen LogP contribution in [-0.4, -0.2) is 29.9 Å². The first kappa shape index (κ1) is 11.2. The molecule has 0 spiro atoms. The molecular weight excluding hydrogens is 176 g/mol. The number of rotatable bonds is 4. The highest BCUT2D eigenvalue weighted by Crippen LogP contribution is 2.25. The average Bonchev–Trinajstić information content (AvgIpc) is 2.59. The van der Waals surface area contributed by atoms with E-state index in [9.17, 15) is 4.79 Å². The fourth-order valence-electron chi connectivity index (χ4n) is 2.06. The van der Waals surface area contributed by atoms with Crippen LogP contribution >= 0.6 is 0 Å². The fraction of sp³-hybridized carbons (Fsp3) is 0.727. The van der Waals surface area contributed by atoms with Crippen molar-refractivity contribution in [3.8, 4) is 0 Å². The van der Waals surface area contributed by atoms with Crippen LogP contribution in [0.2, 0.25) is 0 Å². The second-order valence-corrected chi connectivity index (χ2v) is 3.87. The molecule has 0 heterocycles. The summed E-state index contributed by atoms with van der Waals surface area (Å²) in [5.74, 6) is 0.257. The molecule has 0 radical (unpaired) electrons. The van der Waals surface area contributed by atoms with Crippen LogP contribution in [0.4, 0.5) is 0 Å². The molecule has 14 heavy (non-hydrogen) atoms. The summed E-state index contributed by atoms with van der Waals surface area (Å²) < 4.78 is 0. The Bertz CT molecular complexity index is 215. The fourth-order valence-corrected chi connectivity index (χ4v) is 2.06. The number of hydrogen-bond donors (Lipinski definition) is 1. The predicted molar refractivity (Wildman–Crippen MR) is 57.8 cm³/mol. The van der Waals surface area contributed by atoms with Crippen molar-refractivity contribution in [2.45, 2.75) is 32.2 Å². The molecule has 0 aromatic carbocycles. The third kappa shape index (κ3) is 2.35. The average molecular weight is 196 g/mol. The number of nitrogens with zero attached hydrogens (tertiary/aromatic N) is 1. The van der Waals surface area contributed by atoms with Gasteiger partial charge in [0.15, 0.2) is 0 Å². The van der Waals surface area contributed by atoms with Gasteiger partial charge in [0, 0.05) is 19.1 Å². The van der Waals surface area contributed by atoms with Gasteiger partial charge in [-0.1, -0.05) is 12.5 Å². The summed E-state index contributed by atoms with van der Waals surface area (Å²) in [4.78, 5) is 13.8. The molecule has 1 rings (SSSR count). The number of carbonyl (C=O) groups excluding carboxylic acids is 1. The molecule has 1 amide bonds. The molecule has 2 atom stereocenters. The summed E-state index contributed by atoms with van der Waals surface area (Å²) in [6.45, 7) is 7.02. The quantitative estimate of drug-likeness (QED) is 0.686. The maximum absolute atomic E-state index is 12.0. The molecule has 0 aromatic rings. The highest BCUT2D eigenvalue weighted by molar-refractivity contribution is 5.80. The van der Waals surface area contributed by atoms with E-state index < -0.39 is 0 Å². The normalized spacial score (nSPS) is 26.1. The molecule has 1 fully saturated rings. The third-order valence-corrected chi connectivity index (χ3v) is 2.93. The molecule has 3 nitrogen and oxygen atoms in total. The second-order valence-electron chi connectivity index (χ2n) is 3.87. The maximum Gasteiger partial charge on any atom is 0.227 e. The van der Waals surface area contributed by atoms with Gasteiger partial charge in [0.1, 0.15) is 0 Å². The first-order valence-corrected chi connectivity index (χ1v) is 5.36. The minimum atomic E-state index is 0.0508. The zero-order chi connectivity index (χ0) is 10.6. The van der Waals surface area contributed by atoms with Gasteiger partial charge < -0.3 is 10.6 Å². The van der Waals surface area contributed by atoms with Gasteiger partial charge in [0.25, 0.3) is 0 Å². The van der Waals surface area contributed by atoms with E-state index in [2.05, 4.69) is 6.58 Å². The van der Waals surface area contributed by atoms with E-state index in [-0.39, 0.29) is 17.9 Å². The number of carbonyl (C=O) groups is 1. The van der Waals surface area contributed by atoms with Crippen molar-refractivity contribution in [3.63, 3.8) is 0 Å². The molecule has 0 saturated heterocycles. The first-order chi connectivity index (χ1) is 6.70. The van der Waals surface area contributed by atoms with Gasteiger partial charge in [0.05, 0.1) is 5.92 Å². The van der Waals surface area contributed by atoms with Crippen LogP contribution in [0, 0.1) is 5.92 Å². The third-order valence-electron chi connectivity index (χ3n) is 2.93. The molecule has 0 aromatic heterocycles. The van der Waals surface area contributed by atoms with Crippen LogP contribution in [-0.2, 0) is 4.79 Å². The summed E-state index contributed by atoms with van der Waals surface area (Å²) in [5, 5.41) is 0. The Kier molecular flexibility index (Phi) is 4.14. The van der Waals surface area contributed by atoms with E-state index in [1.165, 1.54) is 0 Å². The van der Waals surface area contributed by atoms with E-state index in [0.717, 1.165) is 25.8 Å². The lowest BCUT2D eigenvalue weighted by atomic mass is 10.0. The van der Waals surface area contributed by atoms with Crippen LogP contribution in [0.3, 0.4) is 0 Å². The smallest absolute Gasteiger partial charge is 0.227 e. The Morgan fingerprint density at radius 1 is 1.64 bits per heavy atom. The molecule has 0 bridgehead atoms. The molecule has 3 heteroatoms. The largest absolute Gasteiger partial charge is 0.339 e. The summed E-state index contributed by atoms with van der Waals surface area (Å²) in [7, 11) is 0. The molecule has 1 saturated carbocycles. The van der Waals surface area contributed by atoms with Crippen LogP contribution in [0.15, 0.2) is 12.7 Å². The van der Waals surface area contributed by atoms with E-state index in [4.69, 9.17) is 5.73 Å². The number of amides is 1. The number of likely N-dealkylation sites (N-methyl/N-ethyl adjacent to an activating group) is 1. The topological polar surface area (TPSA) is 46.3 Å². The van der Waals surface area contributed by atoms with Crippen molar-refractivity contribution in [1.82, 2.24) is 4.90 Å². The lowest BCUT2D eigenvalue weighted by molar-refractivity contribution is -0.134. The Labute approximate surface area is 86.0 Å². The van der Waals surface area contributed by atoms with Crippen molar-refractivity contribution >= 4 is 5.91 Å². The van der Waals surface area contributed by atoms with Gasteiger partial charge in [-0.15, -0.1) is 6.58 Å². The van der Waals surface area contributed by atoms with Crippen LogP contribution in [0.25, 0.3) is 0 Å². The van der Waals surface area contributed by atoms with Gasteiger partial charge in [-0.2, -0.15) is 0 Å². The lowest BCUT2D eigenvalue weighted by Gasteiger charge is -2.24. The molecule has 2 N–H and O–H groups in total. The zero-order valence-electron chi connectivity index (χ0n) is 8.91. The number of nitrogens with two attached hydrogens (primary N) is 1. The monoisotopic (exact) mass is 196 g/mol. The Morgan fingerprint density at radius 3 is 2.79 bits per heavy atom. The van der Waals surface area contributed by atoms with Crippen molar-refractivity contribution in [3.05, 3.63) is 12.7 Å². The highest BCUT2D eigenvalue weighted by Gasteiger charge is 2.32. The van der Waals surface area contributed by atoms with Gasteiger partial charge in [0.2, 0.25) is 5.91 Å². The molecular formula is C11H20N2O. The summed E-state index contributed by atoms with van der Waals surface area (Å²) in [6.07, 6.45) is 4.79. The van der Waals surface area contributed by atoms with Crippen LogP contribution in [0.1, 0.15) is 26.2 Å². The minimum absolute atomic E-state index is 0.0508. The molecule has 1 aliphatic rings. The molecule has 80 valence electrons. The van der Waals surface area contributed by atoms with Gasteiger partial charge in [-0.25, -0.2) is 0 Å². The Hall–Kier alpha value is -0.830. The van der Waals surface area contributed by atoms with Crippen molar-refractivity contribution in [1.29, 1.82) is 0 Å². The Morgan fingerprint density at radius 2 is 2.36 bits per heavy atom. The predicted octanol–water partition coefficient (Wildman–Crippen LogP) is 1.15. The van der Waals surface area contributed by atoms with E-state index in [0.29, 0.717) is 6.54 Å². The van der Waals surface area contributed by atoms with Gasteiger partial charge >= 0.3 is 0 Å². The van der Waals surface area contributed by atoms with E-state index in [1.54, 1.807) is 6.08 Å².